The number of ether oxygens (including phenoxy) is 1. The van der Waals surface area contributed by atoms with E-state index < -0.39 is 0 Å². The number of aryl methyl sites for hydroxylation is 2. The third kappa shape index (κ3) is 5.08. The topological polar surface area (TPSA) is 74.0 Å². The van der Waals surface area contributed by atoms with Crippen LogP contribution in [0, 0.1) is 20.8 Å². The Hall–Kier alpha value is -3.39. The van der Waals surface area contributed by atoms with E-state index in [2.05, 4.69) is 56.6 Å². The van der Waals surface area contributed by atoms with Crippen LogP contribution in [0.5, 0.6) is 5.75 Å². The molecule has 8 heteroatoms. The summed E-state index contributed by atoms with van der Waals surface area (Å²) in [7, 11) is 0. The van der Waals surface area contributed by atoms with Crippen molar-refractivity contribution in [1.82, 2.24) is 19.6 Å². The third-order valence-electron chi connectivity index (χ3n) is 5.09. The lowest BCUT2D eigenvalue weighted by Gasteiger charge is -2.07. The number of nitrogens with zero attached hydrogens (tertiary/aromatic N) is 4. The molecule has 2 heterocycles. The van der Waals surface area contributed by atoms with Gasteiger partial charge in [0.2, 0.25) is 0 Å². The number of hydrogen-bond donors (Lipinski definition) is 1. The van der Waals surface area contributed by atoms with Crippen LogP contribution in [0.25, 0.3) is 0 Å². The van der Waals surface area contributed by atoms with Crippen molar-refractivity contribution in [3.8, 4) is 5.75 Å². The first kappa shape index (κ1) is 21.8. The summed E-state index contributed by atoms with van der Waals surface area (Å²) in [5.41, 5.74) is 5.06. The predicted molar refractivity (Wildman–Crippen MR) is 127 cm³/mol. The predicted octanol–water partition coefficient (Wildman–Crippen LogP) is 5.10. The van der Waals surface area contributed by atoms with Gasteiger partial charge in [0.1, 0.15) is 5.75 Å². The Morgan fingerprint density at radius 2 is 1.84 bits per heavy atom. The standard InChI is InChI=1S/C24H24BrN5O2/c1-16-5-4-6-19(13-16)14-30-18(3)23(17(2)27-30)26-24(31)22-11-12-29(28-22)15-32-21-9-7-20(25)8-10-21/h4-13H,14-15H2,1-3H3,(H,26,31). The molecule has 7 nitrogen and oxygen atoms in total. The van der Waals surface area contributed by atoms with Crippen molar-refractivity contribution in [2.24, 2.45) is 0 Å². The second-order valence-corrected chi connectivity index (χ2v) is 8.53. The first-order valence-electron chi connectivity index (χ1n) is 10.2. The Bertz CT molecular complexity index is 1240. The fraction of sp³-hybridized carbons (Fsp3) is 0.208. The SMILES string of the molecule is Cc1cccc(Cn2nc(C)c(NC(=O)c3ccn(COc4ccc(Br)cc4)n3)c2C)c1. The van der Waals surface area contributed by atoms with Crippen molar-refractivity contribution < 1.29 is 9.53 Å². The summed E-state index contributed by atoms with van der Waals surface area (Å²) < 4.78 is 10.2. The number of amides is 1. The molecule has 0 atom stereocenters. The van der Waals surface area contributed by atoms with Gasteiger partial charge in [0.05, 0.1) is 23.6 Å². The van der Waals surface area contributed by atoms with Gasteiger partial charge in [-0.1, -0.05) is 45.8 Å². The molecule has 0 aliphatic carbocycles. The molecule has 0 fully saturated rings. The molecule has 0 aliphatic heterocycles. The Kier molecular flexibility index (Phi) is 6.41. The number of rotatable bonds is 7. The third-order valence-corrected chi connectivity index (χ3v) is 5.61. The van der Waals surface area contributed by atoms with Gasteiger partial charge in [-0.05, 0) is 56.7 Å². The zero-order chi connectivity index (χ0) is 22.7. The summed E-state index contributed by atoms with van der Waals surface area (Å²) in [6, 6.07) is 17.5. The molecule has 0 aliphatic rings. The Morgan fingerprint density at radius 1 is 1.06 bits per heavy atom. The molecule has 0 bridgehead atoms. The summed E-state index contributed by atoms with van der Waals surface area (Å²) in [5.74, 6) is 0.440. The molecule has 0 unspecified atom stereocenters. The van der Waals surface area contributed by atoms with Gasteiger partial charge in [-0.3, -0.25) is 9.48 Å². The normalized spacial score (nSPS) is 10.9. The lowest BCUT2D eigenvalue weighted by molar-refractivity contribution is 0.102. The molecule has 2 aromatic carbocycles. The molecule has 1 amide bonds. The van der Waals surface area contributed by atoms with E-state index in [1.807, 2.05) is 48.9 Å². The van der Waals surface area contributed by atoms with E-state index in [9.17, 15) is 4.79 Å². The fourth-order valence-corrected chi connectivity index (χ4v) is 3.68. The lowest BCUT2D eigenvalue weighted by atomic mass is 10.1. The van der Waals surface area contributed by atoms with Crippen molar-refractivity contribution in [1.29, 1.82) is 0 Å². The van der Waals surface area contributed by atoms with Crippen LogP contribution in [0.3, 0.4) is 0 Å². The van der Waals surface area contributed by atoms with Crippen LogP contribution < -0.4 is 10.1 Å². The average molecular weight is 494 g/mol. The van der Waals surface area contributed by atoms with E-state index in [0.29, 0.717) is 17.9 Å². The minimum Gasteiger partial charge on any atom is -0.471 e. The highest BCUT2D eigenvalue weighted by atomic mass is 79.9. The first-order chi connectivity index (χ1) is 15.4. The van der Waals surface area contributed by atoms with Crippen molar-refractivity contribution in [2.75, 3.05) is 5.32 Å². The lowest BCUT2D eigenvalue weighted by Crippen LogP contribution is -2.15. The molecule has 0 radical (unpaired) electrons. The van der Waals surface area contributed by atoms with Crippen molar-refractivity contribution >= 4 is 27.5 Å². The van der Waals surface area contributed by atoms with E-state index in [1.54, 1.807) is 16.9 Å². The minimum absolute atomic E-state index is 0.210. The highest BCUT2D eigenvalue weighted by molar-refractivity contribution is 9.10. The van der Waals surface area contributed by atoms with Crippen molar-refractivity contribution in [3.05, 3.63) is 93.5 Å². The average Bonchev–Trinajstić information content (AvgIpc) is 3.34. The number of hydrogen-bond acceptors (Lipinski definition) is 4. The van der Waals surface area contributed by atoms with Gasteiger partial charge < -0.3 is 10.1 Å². The van der Waals surface area contributed by atoms with Crippen LogP contribution in [0.1, 0.15) is 33.0 Å². The van der Waals surface area contributed by atoms with Gasteiger partial charge in [-0.15, -0.1) is 0 Å². The van der Waals surface area contributed by atoms with Crippen LogP contribution >= 0.6 is 15.9 Å². The van der Waals surface area contributed by atoms with Crippen LogP contribution in [-0.4, -0.2) is 25.5 Å². The second kappa shape index (κ2) is 9.40. The van der Waals surface area contributed by atoms with E-state index >= 15 is 0 Å². The number of carbonyl (C=O) groups excluding carboxylic acids is 1. The monoisotopic (exact) mass is 493 g/mol. The Balaban J connectivity index is 1.41. The molecular formula is C24H24BrN5O2. The second-order valence-electron chi connectivity index (χ2n) is 7.61. The van der Waals surface area contributed by atoms with Gasteiger partial charge in [-0.25, -0.2) is 4.68 Å². The van der Waals surface area contributed by atoms with Crippen molar-refractivity contribution in [2.45, 2.75) is 34.0 Å². The summed E-state index contributed by atoms with van der Waals surface area (Å²) >= 11 is 3.40. The molecule has 4 aromatic rings. The van der Waals surface area contributed by atoms with Gasteiger partial charge in [0.25, 0.3) is 5.91 Å². The van der Waals surface area contributed by atoms with Crippen molar-refractivity contribution in [3.63, 3.8) is 0 Å². The van der Waals surface area contributed by atoms with Crippen LogP contribution in [0.4, 0.5) is 5.69 Å². The smallest absolute Gasteiger partial charge is 0.276 e. The maximum absolute atomic E-state index is 12.8. The molecule has 0 spiro atoms. The molecule has 0 saturated heterocycles. The zero-order valence-electron chi connectivity index (χ0n) is 18.2. The number of carbonyl (C=O) groups is 1. The fourth-order valence-electron chi connectivity index (χ4n) is 3.42. The molecule has 2 aromatic heterocycles. The van der Waals surface area contributed by atoms with Crippen LogP contribution in [0.2, 0.25) is 0 Å². The van der Waals surface area contributed by atoms with Gasteiger partial charge in [0.15, 0.2) is 12.4 Å². The van der Waals surface area contributed by atoms with Crippen LogP contribution in [-0.2, 0) is 13.3 Å². The quantitative estimate of drug-likeness (QED) is 0.388. The van der Waals surface area contributed by atoms with Crippen LogP contribution in [0.15, 0.2) is 65.3 Å². The summed E-state index contributed by atoms with van der Waals surface area (Å²) in [5, 5.41) is 11.9. The Morgan fingerprint density at radius 3 is 2.59 bits per heavy atom. The van der Waals surface area contributed by atoms with E-state index in [0.717, 1.165) is 27.2 Å². The summed E-state index contributed by atoms with van der Waals surface area (Å²) in [6.07, 6.45) is 1.72. The number of aromatic nitrogens is 4. The number of anilines is 1. The molecule has 32 heavy (non-hydrogen) atoms. The molecule has 0 saturated carbocycles. The molecular weight excluding hydrogens is 470 g/mol. The summed E-state index contributed by atoms with van der Waals surface area (Å²) in [6.45, 7) is 6.77. The molecule has 1 N–H and O–H groups in total. The maximum Gasteiger partial charge on any atom is 0.276 e. The summed E-state index contributed by atoms with van der Waals surface area (Å²) in [4.78, 5) is 12.8. The highest BCUT2D eigenvalue weighted by Gasteiger charge is 2.17. The van der Waals surface area contributed by atoms with E-state index in [1.165, 1.54) is 5.56 Å². The number of benzene rings is 2. The largest absolute Gasteiger partial charge is 0.471 e. The van der Waals surface area contributed by atoms with Gasteiger partial charge in [-0.2, -0.15) is 10.2 Å². The van der Waals surface area contributed by atoms with E-state index in [4.69, 9.17) is 4.74 Å². The highest BCUT2D eigenvalue weighted by Crippen LogP contribution is 2.21. The molecule has 4 rings (SSSR count). The maximum atomic E-state index is 12.8. The van der Waals surface area contributed by atoms with E-state index in [-0.39, 0.29) is 12.6 Å². The number of nitrogens with one attached hydrogen (secondary N) is 1. The number of halogens is 1. The Labute approximate surface area is 195 Å². The zero-order valence-corrected chi connectivity index (χ0v) is 19.8. The minimum atomic E-state index is -0.284. The first-order valence-corrected chi connectivity index (χ1v) is 11.0. The van der Waals surface area contributed by atoms with Gasteiger partial charge >= 0.3 is 0 Å². The molecule has 164 valence electrons. The van der Waals surface area contributed by atoms with Gasteiger partial charge in [0, 0.05) is 10.7 Å².